The van der Waals surface area contributed by atoms with Gasteiger partial charge in [-0.1, -0.05) is 46.8 Å². The molecular formula is C29H42O5S. The number of thioether (sulfide) groups is 1. The molecule has 6 heteroatoms. The van der Waals surface area contributed by atoms with E-state index in [-0.39, 0.29) is 47.3 Å². The maximum Gasteiger partial charge on any atom is 0.316 e. The number of Topliss-reactive ketones (excluding diaryl/α,β-unsaturated/α-hetero) is 1. The van der Waals surface area contributed by atoms with Crippen molar-refractivity contribution in [3.05, 3.63) is 29.8 Å². The van der Waals surface area contributed by atoms with Crippen molar-refractivity contribution in [1.29, 1.82) is 0 Å². The predicted octanol–water partition coefficient (Wildman–Crippen LogP) is 5.40. The van der Waals surface area contributed by atoms with Crippen molar-refractivity contribution in [3.63, 3.8) is 0 Å². The molecule has 35 heavy (non-hydrogen) atoms. The maximum absolute atomic E-state index is 13.5. The van der Waals surface area contributed by atoms with Crippen LogP contribution in [0, 0.1) is 34.0 Å². The Morgan fingerprint density at radius 3 is 2.66 bits per heavy atom. The number of ketones is 1. The molecule has 2 N–H and O–H groups in total. The van der Waals surface area contributed by atoms with Crippen molar-refractivity contribution in [3.8, 4) is 0 Å². The standard InChI is InChI=1S/C29H42O5S/c1-6-27(4)15-23(34-24(32)17-35-21-9-7-8-20(14-21)16-30)28(5)18(2)10-12-29(19(3)26(27)33)13-11-22(31)25(28)29/h7-9,14,18-19,23,25-26,30,33H,6,10-13,15-17H2,1-5H3/t18-,19+,23-,25+,26+,27-,28+,29+/m1/s1. The monoisotopic (exact) mass is 502 g/mol. The smallest absolute Gasteiger partial charge is 0.316 e. The van der Waals surface area contributed by atoms with Gasteiger partial charge in [0.25, 0.3) is 0 Å². The molecule has 0 aromatic heterocycles. The van der Waals surface area contributed by atoms with E-state index in [1.165, 1.54) is 11.8 Å². The third-order valence-electron chi connectivity index (χ3n) is 10.4. The van der Waals surface area contributed by atoms with Crippen LogP contribution in [0.1, 0.15) is 78.7 Å². The van der Waals surface area contributed by atoms with Crippen LogP contribution in [-0.2, 0) is 20.9 Å². The minimum Gasteiger partial charge on any atom is -0.461 e. The van der Waals surface area contributed by atoms with Gasteiger partial charge in [-0.15, -0.1) is 11.8 Å². The zero-order chi connectivity index (χ0) is 25.6. The van der Waals surface area contributed by atoms with E-state index in [0.29, 0.717) is 12.8 Å². The van der Waals surface area contributed by atoms with Crippen molar-refractivity contribution >= 4 is 23.5 Å². The van der Waals surface area contributed by atoms with Crippen LogP contribution in [0.4, 0.5) is 0 Å². The number of esters is 1. The predicted molar refractivity (Wildman–Crippen MR) is 138 cm³/mol. The quantitative estimate of drug-likeness (QED) is 0.400. The van der Waals surface area contributed by atoms with E-state index in [9.17, 15) is 19.8 Å². The summed E-state index contributed by atoms with van der Waals surface area (Å²) in [6.45, 7) is 10.8. The van der Waals surface area contributed by atoms with Crippen LogP contribution in [0.15, 0.2) is 29.2 Å². The number of aliphatic hydroxyl groups is 2. The van der Waals surface area contributed by atoms with Crippen LogP contribution in [0.2, 0.25) is 0 Å². The van der Waals surface area contributed by atoms with Crippen LogP contribution in [-0.4, -0.2) is 39.9 Å². The highest BCUT2D eigenvalue weighted by Crippen LogP contribution is 2.68. The van der Waals surface area contributed by atoms with E-state index in [0.717, 1.165) is 36.1 Å². The Kier molecular flexibility index (Phi) is 7.49. The number of ether oxygens (including phenoxy) is 1. The fourth-order valence-corrected chi connectivity index (χ4v) is 8.54. The van der Waals surface area contributed by atoms with Crippen molar-refractivity contribution < 1.29 is 24.5 Å². The third-order valence-corrected chi connectivity index (χ3v) is 11.4. The number of hydrogen-bond acceptors (Lipinski definition) is 6. The van der Waals surface area contributed by atoms with Crippen LogP contribution in [0.25, 0.3) is 0 Å². The van der Waals surface area contributed by atoms with E-state index < -0.39 is 23.0 Å². The molecule has 3 saturated carbocycles. The second kappa shape index (κ2) is 9.83. The summed E-state index contributed by atoms with van der Waals surface area (Å²) in [6.07, 6.45) is 3.70. The molecule has 3 aliphatic carbocycles. The zero-order valence-electron chi connectivity index (χ0n) is 21.9. The molecule has 8 atom stereocenters. The van der Waals surface area contributed by atoms with Gasteiger partial charge >= 0.3 is 5.97 Å². The molecular weight excluding hydrogens is 460 g/mol. The summed E-state index contributed by atoms with van der Waals surface area (Å²) in [7, 11) is 0. The van der Waals surface area contributed by atoms with Crippen LogP contribution >= 0.6 is 11.8 Å². The topological polar surface area (TPSA) is 83.8 Å². The summed E-state index contributed by atoms with van der Waals surface area (Å²) < 4.78 is 6.33. The van der Waals surface area contributed by atoms with Gasteiger partial charge in [0.2, 0.25) is 0 Å². The summed E-state index contributed by atoms with van der Waals surface area (Å²) >= 11 is 1.40. The van der Waals surface area contributed by atoms with Gasteiger partial charge in [0.15, 0.2) is 0 Å². The first-order chi connectivity index (χ1) is 16.5. The molecule has 2 bridgehead atoms. The SMILES string of the molecule is CC[C@]1(C)C[C@@H](OC(=O)CSc2cccc(CO)c2)[C@]2(C)[C@H](C)CC[C@]3(CCC(=O)[C@H]32)[C@@H](C)[C@@H]1O. The Bertz CT molecular complexity index is 964. The molecule has 1 aromatic carbocycles. The molecule has 5 nitrogen and oxygen atoms in total. The maximum atomic E-state index is 13.5. The minimum absolute atomic E-state index is 0.0294. The lowest BCUT2D eigenvalue weighted by Gasteiger charge is -2.62. The molecule has 0 radical (unpaired) electrons. The van der Waals surface area contributed by atoms with Gasteiger partial charge in [-0.3, -0.25) is 9.59 Å². The zero-order valence-corrected chi connectivity index (χ0v) is 22.7. The van der Waals surface area contributed by atoms with E-state index in [2.05, 4.69) is 34.6 Å². The number of carbonyl (C=O) groups is 2. The Morgan fingerprint density at radius 1 is 1.23 bits per heavy atom. The lowest BCUT2D eigenvalue weighted by molar-refractivity contribution is -0.211. The van der Waals surface area contributed by atoms with Crippen LogP contribution < -0.4 is 0 Å². The molecule has 0 saturated heterocycles. The lowest BCUT2D eigenvalue weighted by atomic mass is 9.43. The Balaban J connectivity index is 1.66. The molecule has 0 unspecified atom stereocenters. The first-order valence-corrected chi connectivity index (χ1v) is 14.2. The van der Waals surface area contributed by atoms with Gasteiger partial charge in [0.05, 0.1) is 18.5 Å². The minimum atomic E-state index is -0.546. The van der Waals surface area contributed by atoms with Gasteiger partial charge in [-0.25, -0.2) is 0 Å². The van der Waals surface area contributed by atoms with Crippen LogP contribution in [0.3, 0.4) is 0 Å². The first-order valence-electron chi connectivity index (χ1n) is 13.2. The largest absolute Gasteiger partial charge is 0.461 e. The average Bonchev–Trinajstić information content (AvgIpc) is 3.21. The molecule has 0 amide bonds. The fourth-order valence-electron chi connectivity index (χ4n) is 7.78. The molecule has 0 aliphatic heterocycles. The van der Waals surface area contributed by atoms with Crippen molar-refractivity contribution in [2.24, 2.45) is 34.0 Å². The first kappa shape index (κ1) is 26.7. The van der Waals surface area contributed by atoms with Gasteiger partial charge < -0.3 is 14.9 Å². The van der Waals surface area contributed by atoms with Gasteiger partial charge in [-0.05, 0) is 72.5 Å². The Hall–Kier alpha value is -1.37. The van der Waals surface area contributed by atoms with Gasteiger partial charge in [0.1, 0.15) is 11.9 Å². The normalized spacial score (nSPS) is 41.1. The van der Waals surface area contributed by atoms with Gasteiger partial charge in [-0.2, -0.15) is 0 Å². The summed E-state index contributed by atoms with van der Waals surface area (Å²) in [5, 5.41) is 21.1. The molecule has 3 aliphatic rings. The van der Waals surface area contributed by atoms with E-state index in [4.69, 9.17) is 4.74 Å². The molecule has 194 valence electrons. The van der Waals surface area contributed by atoms with Crippen molar-refractivity contribution in [2.45, 2.75) is 96.9 Å². The number of benzene rings is 1. The van der Waals surface area contributed by atoms with Crippen molar-refractivity contribution in [1.82, 2.24) is 0 Å². The summed E-state index contributed by atoms with van der Waals surface area (Å²) in [5.41, 5.74) is -0.258. The number of carbonyl (C=O) groups excluding carboxylic acids is 2. The molecule has 3 fully saturated rings. The Morgan fingerprint density at radius 2 is 1.97 bits per heavy atom. The van der Waals surface area contributed by atoms with Gasteiger partial charge in [0, 0.05) is 22.6 Å². The number of rotatable bonds is 6. The fraction of sp³-hybridized carbons (Fsp3) is 0.724. The highest BCUT2D eigenvalue weighted by Gasteiger charge is 2.68. The third kappa shape index (κ3) is 4.38. The van der Waals surface area contributed by atoms with E-state index in [1.54, 1.807) is 0 Å². The molecule has 0 spiro atoms. The van der Waals surface area contributed by atoms with E-state index >= 15 is 0 Å². The molecule has 4 rings (SSSR count). The van der Waals surface area contributed by atoms with E-state index in [1.807, 2.05) is 24.3 Å². The Labute approximate surface area is 214 Å². The van der Waals surface area contributed by atoms with Crippen molar-refractivity contribution in [2.75, 3.05) is 5.75 Å². The molecule has 1 aromatic rings. The highest BCUT2D eigenvalue weighted by molar-refractivity contribution is 8.00. The highest BCUT2D eigenvalue weighted by atomic mass is 32.2. The number of aliphatic hydroxyl groups excluding tert-OH is 2. The summed E-state index contributed by atoms with van der Waals surface area (Å²) in [5.74, 6) is 0.262. The second-order valence-electron chi connectivity index (χ2n) is 12.0. The summed E-state index contributed by atoms with van der Waals surface area (Å²) in [6, 6.07) is 7.54. The lowest BCUT2D eigenvalue weighted by Crippen LogP contribution is -2.63. The number of hydrogen-bond donors (Lipinski definition) is 2. The van der Waals surface area contributed by atoms with Crippen LogP contribution in [0.5, 0.6) is 0 Å². The molecule has 0 heterocycles. The second-order valence-corrected chi connectivity index (χ2v) is 13.0. The average molecular weight is 503 g/mol. The summed E-state index contributed by atoms with van der Waals surface area (Å²) in [4.78, 5) is 27.6.